The van der Waals surface area contributed by atoms with E-state index in [2.05, 4.69) is 15.9 Å². The van der Waals surface area contributed by atoms with E-state index in [4.69, 9.17) is 9.47 Å². The van der Waals surface area contributed by atoms with Crippen molar-refractivity contribution in [1.29, 1.82) is 0 Å². The van der Waals surface area contributed by atoms with Gasteiger partial charge in [-0.05, 0) is 48.9 Å². The number of fused-ring (bicyclic) bond motifs is 1. The van der Waals surface area contributed by atoms with Crippen LogP contribution in [0.25, 0.3) is 11.0 Å². The van der Waals surface area contributed by atoms with Crippen LogP contribution in [0.1, 0.15) is 24.9 Å². The van der Waals surface area contributed by atoms with Crippen molar-refractivity contribution in [2.45, 2.75) is 25.9 Å². The summed E-state index contributed by atoms with van der Waals surface area (Å²) in [5.41, 5.74) is 1.45. The highest BCUT2D eigenvalue weighted by molar-refractivity contribution is 9.10. The van der Waals surface area contributed by atoms with E-state index in [1.807, 2.05) is 25.1 Å². The van der Waals surface area contributed by atoms with E-state index in [1.165, 1.54) is 17.8 Å². The Kier molecular flexibility index (Phi) is 7.75. The van der Waals surface area contributed by atoms with E-state index in [0.717, 1.165) is 10.7 Å². The lowest BCUT2D eigenvalue weighted by Gasteiger charge is -2.20. The summed E-state index contributed by atoms with van der Waals surface area (Å²) in [6, 6.07) is 9.77. The first kappa shape index (κ1) is 26.2. The summed E-state index contributed by atoms with van der Waals surface area (Å²) in [7, 11) is -1.97. The summed E-state index contributed by atoms with van der Waals surface area (Å²) in [4.78, 5) is 13.9. The molecule has 0 amide bonds. The van der Waals surface area contributed by atoms with Crippen LogP contribution in [0, 0.1) is 5.92 Å². The summed E-state index contributed by atoms with van der Waals surface area (Å²) >= 11 is 3.47. The molecule has 0 saturated heterocycles. The molecule has 0 N–H and O–H groups in total. The minimum absolute atomic E-state index is 0.201. The van der Waals surface area contributed by atoms with Gasteiger partial charge in [0, 0.05) is 29.6 Å². The molecule has 4 rings (SSSR count). The normalized spacial score (nSPS) is 16.7. The van der Waals surface area contributed by atoms with Crippen LogP contribution in [0.3, 0.4) is 0 Å². The molecule has 3 aromatic rings. The maximum Gasteiger partial charge on any atom is 0.329 e. The molecule has 1 unspecified atom stereocenters. The predicted octanol–water partition coefficient (Wildman–Crippen LogP) is 5.04. The zero-order chi connectivity index (χ0) is 26.0. The molecule has 1 heterocycles. The average Bonchev–Trinajstić information content (AvgIpc) is 3.07. The first-order chi connectivity index (χ1) is 17.1. The molecule has 1 aromatic heterocycles. The van der Waals surface area contributed by atoms with Gasteiger partial charge in [-0.1, -0.05) is 34.1 Å². The number of sulfone groups is 1. The Morgan fingerprint density at radius 3 is 2.61 bits per heavy atom. The van der Waals surface area contributed by atoms with E-state index < -0.39 is 15.9 Å². The van der Waals surface area contributed by atoms with Crippen molar-refractivity contribution in [1.82, 2.24) is 9.13 Å². The number of methoxy groups -OCH3 is 1. The van der Waals surface area contributed by atoms with Gasteiger partial charge in [-0.2, -0.15) is 0 Å². The van der Waals surface area contributed by atoms with Crippen LogP contribution in [0.4, 0.5) is 4.39 Å². The Bertz CT molecular complexity index is 1510. The van der Waals surface area contributed by atoms with Crippen LogP contribution in [-0.4, -0.2) is 43.3 Å². The highest BCUT2D eigenvalue weighted by atomic mass is 79.9. The van der Waals surface area contributed by atoms with Gasteiger partial charge in [0.25, 0.3) is 0 Å². The van der Waals surface area contributed by atoms with Gasteiger partial charge >= 0.3 is 5.69 Å². The molecular formula is C26H28BrFN2O5S. The van der Waals surface area contributed by atoms with Crippen molar-refractivity contribution in [2.75, 3.05) is 25.7 Å². The number of halogens is 2. The van der Waals surface area contributed by atoms with Gasteiger partial charge in [0.2, 0.25) is 0 Å². The zero-order valence-corrected chi connectivity index (χ0v) is 22.7. The molecule has 0 aliphatic heterocycles. The second-order valence-electron chi connectivity index (χ2n) is 8.81. The number of nitrogens with zero attached hydrogens (tertiary/aromatic N) is 2. The maximum atomic E-state index is 13.9. The van der Waals surface area contributed by atoms with Gasteiger partial charge in [0.15, 0.2) is 11.5 Å². The molecule has 7 nitrogen and oxygen atoms in total. The summed E-state index contributed by atoms with van der Waals surface area (Å²) in [5, 5.41) is 0. The smallest absolute Gasteiger partial charge is 0.329 e. The third kappa shape index (κ3) is 5.59. The number of allylic oxidation sites excluding steroid dienone is 4. The van der Waals surface area contributed by atoms with Crippen molar-refractivity contribution in [3.05, 3.63) is 81.0 Å². The van der Waals surface area contributed by atoms with Gasteiger partial charge in [0.1, 0.15) is 15.7 Å². The molecule has 36 heavy (non-hydrogen) atoms. The van der Waals surface area contributed by atoms with Crippen LogP contribution in [0.2, 0.25) is 0 Å². The number of ether oxygens (including phenoxy) is 2. The summed E-state index contributed by atoms with van der Waals surface area (Å²) in [5.74, 6) is 0.240. The molecular weight excluding hydrogens is 551 g/mol. The monoisotopic (exact) mass is 578 g/mol. The SMILES string of the molecule is CCOc1cc([C@H](CS(C)(=O)=O)n2c(=O)n(CC3C=CC=C(F)C3)c3cc(Br)ccc32)ccc1OC. The van der Waals surface area contributed by atoms with Crippen molar-refractivity contribution >= 4 is 36.8 Å². The molecule has 0 saturated carbocycles. The lowest BCUT2D eigenvalue weighted by Crippen LogP contribution is -2.32. The standard InChI is InChI=1S/C26H28BrFN2O5S/c1-4-35-25-13-18(8-11-24(25)34-2)23(16-36(3,32)33)30-21-10-9-19(27)14-22(21)29(26(30)31)15-17-6-5-7-20(28)12-17/h5-11,13-14,17,23H,4,12,15-16H2,1-3H3/t17?,23-/m0/s1. The molecule has 1 aliphatic rings. The molecule has 2 aromatic carbocycles. The minimum Gasteiger partial charge on any atom is -0.493 e. The van der Waals surface area contributed by atoms with Crippen molar-refractivity contribution < 1.29 is 22.3 Å². The molecule has 192 valence electrons. The number of hydrogen-bond acceptors (Lipinski definition) is 5. The lowest BCUT2D eigenvalue weighted by molar-refractivity contribution is 0.310. The summed E-state index contributed by atoms with van der Waals surface area (Å²) < 4.78 is 54.0. The molecule has 2 atom stereocenters. The Morgan fingerprint density at radius 2 is 1.94 bits per heavy atom. The largest absolute Gasteiger partial charge is 0.493 e. The maximum absolute atomic E-state index is 13.9. The van der Waals surface area contributed by atoms with E-state index in [-0.39, 0.29) is 36.2 Å². The Balaban J connectivity index is 1.92. The number of hydrogen-bond donors (Lipinski definition) is 0. The van der Waals surface area contributed by atoms with E-state index >= 15 is 0 Å². The average molecular weight is 579 g/mol. The van der Waals surface area contributed by atoms with E-state index in [0.29, 0.717) is 34.7 Å². The quantitative estimate of drug-likeness (QED) is 0.355. The highest BCUT2D eigenvalue weighted by Crippen LogP contribution is 2.34. The molecule has 0 fully saturated rings. The van der Waals surface area contributed by atoms with Gasteiger partial charge in [0.05, 0.1) is 36.5 Å². The van der Waals surface area contributed by atoms with Crippen molar-refractivity contribution in [3.63, 3.8) is 0 Å². The Hall–Kier alpha value is -2.85. The first-order valence-corrected chi connectivity index (χ1v) is 14.4. The zero-order valence-electron chi connectivity index (χ0n) is 20.3. The molecule has 0 radical (unpaired) electrons. The van der Waals surface area contributed by atoms with Crippen molar-refractivity contribution in [2.24, 2.45) is 5.92 Å². The third-order valence-electron chi connectivity index (χ3n) is 6.10. The summed E-state index contributed by atoms with van der Waals surface area (Å²) in [6.07, 6.45) is 6.30. The van der Waals surface area contributed by atoms with Gasteiger partial charge in [-0.25, -0.2) is 17.6 Å². The van der Waals surface area contributed by atoms with Crippen LogP contribution in [-0.2, 0) is 16.4 Å². The molecule has 0 bridgehead atoms. The lowest BCUT2D eigenvalue weighted by atomic mass is 10.00. The van der Waals surface area contributed by atoms with Crippen LogP contribution >= 0.6 is 15.9 Å². The van der Waals surface area contributed by atoms with Crippen LogP contribution in [0.15, 0.2) is 69.7 Å². The molecule has 0 spiro atoms. The first-order valence-electron chi connectivity index (χ1n) is 11.5. The summed E-state index contributed by atoms with van der Waals surface area (Å²) in [6.45, 7) is 2.49. The number of aromatic nitrogens is 2. The second kappa shape index (κ2) is 10.6. The fraction of sp³-hybridized carbons (Fsp3) is 0.346. The van der Waals surface area contributed by atoms with E-state index in [9.17, 15) is 17.6 Å². The van der Waals surface area contributed by atoms with Crippen molar-refractivity contribution in [3.8, 4) is 11.5 Å². The topological polar surface area (TPSA) is 79.5 Å². The van der Waals surface area contributed by atoms with Gasteiger partial charge in [-0.3, -0.25) is 9.13 Å². The highest BCUT2D eigenvalue weighted by Gasteiger charge is 2.27. The van der Waals surface area contributed by atoms with Gasteiger partial charge < -0.3 is 9.47 Å². The van der Waals surface area contributed by atoms with Crippen LogP contribution in [0.5, 0.6) is 11.5 Å². The second-order valence-corrected chi connectivity index (χ2v) is 11.9. The minimum atomic E-state index is -3.50. The number of rotatable bonds is 9. The molecule has 10 heteroatoms. The third-order valence-corrected chi connectivity index (χ3v) is 7.52. The number of imidazole rings is 1. The van der Waals surface area contributed by atoms with Gasteiger partial charge in [-0.15, -0.1) is 0 Å². The fourth-order valence-electron chi connectivity index (χ4n) is 4.57. The Labute approximate surface area is 217 Å². The van der Waals surface area contributed by atoms with Crippen LogP contribution < -0.4 is 15.2 Å². The van der Waals surface area contributed by atoms with E-state index in [1.54, 1.807) is 34.9 Å². The number of benzene rings is 2. The fourth-order valence-corrected chi connectivity index (χ4v) is 5.83. The Morgan fingerprint density at radius 1 is 1.17 bits per heavy atom. The molecule has 1 aliphatic carbocycles. The predicted molar refractivity (Wildman–Crippen MR) is 142 cm³/mol.